The summed E-state index contributed by atoms with van der Waals surface area (Å²) in [7, 11) is 0. The maximum atomic E-state index is 5.97. The van der Waals surface area contributed by atoms with E-state index in [0.717, 1.165) is 22.4 Å². The summed E-state index contributed by atoms with van der Waals surface area (Å²) in [6.07, 6.45) is 1.71. The molecular formula is C19H17ClN4. The molecule has 1 N–H and O–H groups in total. The fraction of sp³-hybridized carbons (Fsp3) is 0.105. The molecule has 0 fully saturated rings. The summed E-state index contributed by atoms with van der Waals surface area (Å²) in [5.74, 6) is 1.37. The van der Waals surface area contributed by atoms with Crippen LogP contribution in [-0.4, -0.2) is 16.2 Å². The lowest BCUT2D eigenvalue weighted by Crippen LogP contribution is -2.03. The van der Waals surface area contributed by atoms with Gasteiger partial charge in [-0.25, -0.2) is 9.97 Å². The van der Waals surface area contributed by atoms with Crippen LogP contribution in [0.1, 0.15) is 16.8 Å². The van der Waals surface area contributed by atoms with Crippen LogP contribution >= 0.6 is 11.6 Å². The molecule has 3 rings (SSSR count). The molecule has 4 nitrogen and oxygen atoms in total. The van der Waals surface area contributed by atoms with Gasteiger partial charge < -0.3 is 0 Å². The summed E-state index contributed by atoms with van der Waals surface area (Å²) in [4.78, 5) is 9.15. The molecule has 0 radical (unpaired) electrons. The highest BCUT2D eigenvalue weighted by molar-refractivity contribution is 6.30. The standard InChI is InChI=1S/C19H17ClN4/c1-13-14(2)22-19(16-8-4-3-5-9-16)23-18(13)24-21-12-15-7-6-10-17(20)11-15/h3-12H,1-2H3,(H,22,23,24)/b21-12-. The Morgan fingerprint density at radius 1 is 1.00 bits per heavy atom. The summed E-state index contributed by atoms with van der Waals surface area (Å²) in [5.41, 5.74) is 6.79. The summed E-state index contributed by atoms with van der Waals surface area (Å²) >= 11 is 5.97. The molecule has 3 aromatic rings. The molecule has 0 spiro atoms. The number of benzene rings is 2. The van der Waals surface area contributed by atoms with Crippen LogP contribution in [0.3, 0.4) is 0 Å². The van der Waals surface area contributed by atoms with Gasteiger partial charge in [0.1, 0.15) is 0 Å². The van der Waals surface area contributed by atoms with Gasteiger partial charge in [0.25, 0.3) is 0 Å². The third-order valence-electron chi connectivity index (χ3n) is 3.65. The molecule has 24 heavy (non-hydrogen) atoms. The fourth-order valence-electron chi connectivity index (χ4n) is 2.21. The quantitative estimate of drug-likeness (QED) is 0.546. The SMILES string of the molecule is Cc1nc(-c2ccccc2)nc(N/N=C\c2cccc(Cl)c2)c1C. The Labute approximate surface area is 146 Å². The van der Waals surface area contributed by atoms with E-state index in [2.05, 4.69) is 20.5 Å². The van der Waals surface area contributed by atoms with E-state index in [4.69, 9.17) is 11.6 Å². The van der Waals surface area contributed by atoms with Crippen molar-refractivity contribution in [2.75, 3.05) is 5.43 Å². The molecule has 1 heterocycles. The van der Waals surface area contributed by atoms with Gasteiger partial charge in [0.15, 0.2) is 11.6 Å². The topological polar surface area (TPSA) is 50.2 Å². The molecule has 0 saturated heterocycles. The highest BCUT2D eigenvalue weighted by Gasteiger charge is 2.08. The molecule has 0 bridgehead atoms. The fourth-order valence-corrected chi connectivity index (χ4v) is 2.41. The monoisotopic (exact) mass is 336 g/mol. The number of hydrogen-bond acceptors (Lipinski definition) is 4. The molecule has 2 aromatic carbocycles. The lowest BCUT2D eigenvalue weighted by molar-refractivity contribution is 1.06. The van der Waals surface area contributed by atoms with Crippen molar-refractivity contribution in [2.24, 2.45) is 5.10 Å². The van der Waals surface area contributed by atoms with Crippen molar-refractivity contribution in [1.82, 2.24) is 9.97 Å². The first-order valence-corrected chi connectivity index (χ1v) is 7.96. The first-order chi connectivity index (χ1) is 11.6. The highest BCUT2D eigenvalue weighted by atomic mass is 35.5. The summed E-state index contributed by atoms with van der Waals surface area (Å²) in [6.45, 7) is 3.94. The van der Waals surface area contributed by atoms with E-state index in [1.54, 1.807) is 6.21 Å². The summed E-state index contributed by atoms with van der Waals surface area (Å²) in [5, 5.41) is 4.95. The average Bonchev–Trinajstić information content (AvgIpc) is 2.59. The van der Waals surface area contributed by atoms with E-state index in [-0.39, 0.29) is 0 Å². The lowest BCUT2D eigenvalue weighted by Gasteiger charge is -2.09. The number of nitrogens with zero attached hydrogens (tertiary/aromatic N) is 3. The zero-order chi connectivity index (χ0) is 16.9. The number of nitrogens with one attached hydrogen (secondary N) is 1. The van der Waals surface area contributed by atoms with E-state index < -0.39 is 0 Å². The first kappa shape index (κ1) is 16.1. The normalized spacial score (nSPS) is 11.0. The Hall–Kier alpha value is -2.72. The Bertz CT molecular complexity index is 876. The molecule has 0 aliphatic rings. The zero-order valence-electron chi connectivity index (χ0n) is 13.5. The van der Waals surface area contributed by atoms with Crippen molar-refractivity contribution in [3.8, 4) is 11.4 Å². The second kappa shape index (κ2) is 7.23. The minimum absolute atomic E-state index is 0.680. The van der Waals surface area contributed by atoms with Gasteiger partial charge >= 0.3 is 0 Å². The molecule has 5 heteroatoms. The number of rotatable bonds is 4. The maximum absolute atomic E-state index is 5.97. The van der Waals surface area contributed by atoms with E-state index >= 15 is 0 Å². The number of anilines is 1. The zero-order valence-corrected chi connectivity index (χ0v) is 14.2. The van der Waals surface area contributed by atoms with Crippen LogP contribution in [0.25, 0.3) is 11.4 Å². The van der Waals surface area contributed by atoms with Crippen LogP contribution in [-0.2, 0) is 0 Å². The Kier molecular flexibility index (Phi) is 4.87. The molecule has 0 aliphatic carbocycles. The highest BCUT2D eigenvalue weighted by Crippen LogP contribution is 2.21. The molecule has 0 unspecified atom stereocenters. The largest absolute Gasteiger partial charge is 0.261 e. The van der Waals surface area contributed by atoms with Gasteiger partial charge in [0.05, 0.1) is 6.21 Å². The second-order valence-electron chi connectivity index (χ2n) is 5.40. The van der Waals surface area contributed by atoms with Crippen molar-refractivity contribution in [3.05, 3.63) is 76.4 Å². The van der Waals surface area contributed by atoms with Crippen molar-refractivity contribution in [2.45, 2.75) is 13.8 Å². The molecule has 0 amide bonds. The smallest absolute Gasteiger partial charge is 0.161 e. The average molecular weight is 337 g/mol. The molecule has 0 atom stereocenters. The number of hydrogen-bond donors (Lipinski definition) is 1. The van der Waals surface area contributed by atoms with Crippen LogP contribution < -0.4 is 5.43 Å². The van der Waals surface area contributed by atoms with Gasteiger partial charge in [0, 0.05) is 21.8 Å². The van der Waals surface area contributed by atoms with E-state index in [0.29, 0.717) is 16.7 Å². The molecule has 1 aromatic heterocycles. The predicted octanol–water partition coefficient (Wildman–Crippen LogP) is 4.86. The van der Waals surface area contributed by atoms with Crippen LogP contribution in [0.5, 0.6) is 0 Å². The Balaban J connectivity index is 1.86. The van der Waals surface area contributed by atoms with Gasteiger partial charge in [-0.05, 0) is 31.5 Å². The van der Waals surface area contributed by atoms with Gasteiger partial charge in [-0.15, -0.1) is 0 Å². The third kappa shape index (κ3) is 3.78. The molecular weight excluding hydrogens is 320 g/mol. The number of aromatic nitrogens is 2. The second-order valence-corrected chi connectivity index (χ2v) is 5.83. The maximum Gasteiger partial charge on any atom is 0.161 e. The molecule has 120 valence electrons. The van der Waals surface area contributed by atoms with E-state index in [1.807, 2.05) is 68.4 Å². The first-order valence-electron chi connectivity index (χ1n) is 7.59. The van der Waals surface area contributed by atoms with Crippen molar-refractivity contribution in [3.63, 3.8) is 0 Å². The number of halogens is 1. The Morgan fingerprint density at radius 3 is 2.54 bits per heavy atom. The molecule has 0 saturated carbocycles. The van der Waals surface area contributed by atoms with Gasteiger partial charge in [-0.3, -0.25) is 5.43 Å². The lowest BCUT2D eigenvalue weighted by atomic mass is 10.2. The Morgan fingerprint density at radius 2 is 1.79 bits per heavy atom. The van der Waals surface area contributed by atoms with Crippen molar-refractivity contribution in [1.29, 1.82) is 0 Å². The minimum Gasteiger partial charge on any atom is -0.261 e. The van der Waals surface area contributed by atoms with Gasteiger partial charge in [-0.1, -0.05) is 54.1 Å². The minimum atomic E-state index is 0.680. The van der Waals surface area contributed by atoms with Gasteiger partial charge in [0.2, 0.25) is 0 Å². The van der Waals surface area contributed by atoms with E-state index in [9.17, 15) is 0 Å². The van der Waals surface area contributed by atoms with Crippen LogP contribution in [0, 0.1) is 13.8 Å². The summed E-state index contributed by atoms with van der Waals surface area (Å²) < 4.78 is 0. The predicted molar refractivity (Wildman–Crippen MR) is 99.6 cm³/mol. The molecule has 0 aliphatic heterocycles. The van der Waals surface area contributed by atoms with Crippen molar-refractivity contribution < 1.29 is 0 Å². The van der Waals surface area contributed by atoms with Gasteiger partial charge in [-0.2, -0.15) is 5.10 Å². The van der Waals surface area contributed by atoms with Crippen LogP contribution in [0.15, 0.2) is 59.7 Å². The number of hydrazone groups is 1. The van der Waals surface area contributed by atoms with Crippen LogP contribution in [0.2, 0.25) is 5.02 Å². The summed E-state index contributed by atoms with van der Waals surface area (Å²) in [6, 6.07) is 17.4. The van der Waals surface area contributed by atoms with Crippen molar-refractivity contribution >= 4 is 23.6 Å². The third-order valence-corrected chi connectivity index (χ3v) is 3.89. The number of aryl methyl sites for hydroxylation is 1. The van der Waals surface area contributed by atoms with E-state index in [1.165, 1.54) is 0 Å². The van der Waals surface area contributed by atoms with Crippen LogP contribution in [0.4, 0.5) is 5.82 Å².